The Morgan fingerprint density at radius 2 is 1.92 bits per heavy atom. The van der Waals surface area contributed by atoms with Crippen LogP contribution >= 0.6 is 0 Å². The van der Waals surface area contributed by atoms with Crippen molar-refractivity contribution in [3.8, 4) is 5.75 Å². The smallest absolute Gasteiger partial charge is 0.229 e. The molecule has 7 nitrogen and oxygen atoms in total. The number of aliphatic imine (C=N–C) groups is 1. The van der Waals surface area contributed by atoms with Gasteiger partial charge in [-0.3, -0.25) is 19.5 Å². The topological polar surface area (TPSA) is 74.2 Å². The van der Waals surface area contributed by atoms with Crippen molar-refractivity contribution in [3.63, 3.8) is 0 Å². The molecule has 25 heavy (non-hydrogen) atoms. The summed E-state index contributed by atoms with van der Waals surface area (Å²) in [5, 5.41) is 3.18. The summed E-state index contributed by atoms with van der Waals surface area (Å²) in [6, 6.07) is 9.65. The Kier molecular flexibility index (Phi) is 7.25. The van der Waals surface area contributed by atoms with Crippen molar-refractivity contribution in [2.45, 2.75) is 19.3 Å². The van der Waals surface area contributed by atoms with Gasteiger partial charge in [0.05, 0.1) is 6.54 Å². The lowest BCUT2D eigenvalue weighted by atomic mass is 10.1. The number of carbonyl (C=O) groups is 2. The van der Waals surface area contributed by atoms with Crippen LogP contribution in [0.15, 0.2) is 35.3 Å². The van der Waals surface area contributed by atoms with Crippen LogP contribution in [-0.2, 0) is 9.59 Å². The summed E-state index contributed by atoms with van der Waals surface area (Å²) in [7, 11) is 3.62. The Morgan fingerprint density at radius 3 is 2.56 bits per heavy atom. The van der Waals surface area contributed by atoms with E-state index in [1.807, 2.05) is 42.3 Å². The first-order chi connectivity index (χ1) is 12.1. The molecule has 0 radical (unpaired) electrons. The zero-order valence-electron chi connectivity index (χ0n) is 14.9. The number of carbonyl (C=O) groups excluding carboxylic acids is 2. The molecule has 0 saturated carbocycles. The van der Waals surface area contributed by atoms with Crippen molar-refractivity contribution in [1.82, 2.24) is 15.1 Å². The zero-order valence-corrected chi connectivity index (χ0v) is 14.9. The van der Waals surface area contributed by atoms with Gasteiger partial charge in [-0.25, -0.2) is 0 Å². The maximum absolute atomic E-state index is 11.8. The Hall–Kier alpha value is -2.57. The van der Waals surface area contributed by atoms with E-state index in [4.69, 9.17) is 4.74 Å². The maximum Gasteiger partial charge on any atom is 0.229 e. The minimum Gasteiger partial charge on any atom is -0.492 e. The summed E-state index contributed by atoms with van der Waals surface area (Å²) in [6.45, 7) is 2.04. The predicted molar refractivity (Wildman–Crippen MR) is 96.5 cm³/mol. The van der Waals surface area contributed by atoms with Crippen molar-refractivity contribution in [1.29, 1.82) is 0 Å². The molecule has 0 aromatic heterocycles. The van der Waals surface area contributed by atoms with E-state index in [-0.39, 0.29) is 11.8 Å². The van der Waals surface area contributed by atoms with Gasteiger partial charge >= 0.3 is 0 Å². The lowest BCUT2D eigenvalue weighted by molar-refractivity contribution is -0.147. The number of piperidine rings is 1. The summed E-state index contributed by atoms with van der Waals surface area (Å²) >= 11 is 0. The lowest BCUT2D eigenvalue weighted by Gasteiger charge is -2.26. The molecule has 0 aliphatic carbocycles. The summed E-state index contributed by atoms with van der Waals surface area (Å²) in [6.07, 6.45) is 1.57. The number of likely N-dealkylation sites (N-methyl/N-ethyl adjacent to an activating group) is 1. The van der Waals surface area contributed by atoms with Crippen LogP contribution in [0.25, 0.3) is 0 Å². The van der Waals surface area contributed by atoms with Gasteiger partial charge in [0.1, 0.15) is 12.4 Å². The van der Waals surface area contributed by atoms with Crippen LogP contribution in [0.2, 0.25) is 0 Å². The number of amides is 2. The number of likely N-dealkylation sites (tertiary alicyclic amines) is 1. The van der Waals surface area contributed by atoms with E-state index in [0.29, 0.717) is 51.5 Å². The minimum absolute atomic E-state index is 0.0855. The quantitative estimate of drug-likeness (QED) is 0.455. The third-order valence-corrected chi connectivity index (χ3v) is 4.01. The fraction of sp³-hybridized carbons (Fsp3) is 0.500. The second-order valence-electron chi connectivity index (χ2n) is 5.85. The van der Waals surface area contributed by atoms with E-state index in [1.165, 1.54) is 4.90 Å². The molecule has 1 aromatic rings. The number of para-hydroxylation sites is 1. The van der Waals surface area contributed by atoms with Crippen LogP contribution in [0.5, 0.6) is 5.75 Å². The molecule has 2 rings (SSSR count). The Balaban J connectivity index is 1.71. The van der Waals surface area contributed by atoms with Gasteiger partial charge in [-0.15, -0.1) is 0 Å². The molecule has 0 bridgehead atoms. The summed E-state index contributed by atoms with van der Waals surface area (Å²) < 4.78 is 5.68. The van der Waals surface area contributed by atoms with Crippen LogP contribution in [0, 0.1) is 0 Å². The maximum atomic E-state index is 11.8. The van der Waals surface area contributed by atoms with E-state index in [9.17, 15) is 9.59 Å². The standard InChI is InChI=1S/C18H26N4O3/c1-19-18(20-11-12-22-16(23)9-6-10-17(22)24)21(2)13-14-25-15-7-4-3-5-8-15/h3-5,7-8H,6,9-14H2,1-2H3,(H,19,20). The fourth-order valence-electron chi connectivity index (χ4n) is 2.64. The van der Waals surface area contributed by atoms with Crippen LogP contribution < -0.4 is 10.1 Å². The molecule has 1 heterocycles. The van der Waals surface area contributed by atoms with E-state index < -0.39 is 0 Å². The highest BCUT2D eigenvalue weighted by molar-refractivity contribution is 5.97. The van der Waals surface area contributed by atoms with Gasteiger partial charge in [-0.2, -0.15) is 0 Å². The van der Waals surface area contributed by atoms with E-state index in [2.05, 4.69) is 10.3 Å². The average Bonchev–Trinajstić information content (AvgIpc) is 2.61. The molecule has 1 saturated heterocycles. The van der Waals surface area contributed by atoms with E-state index >= 15 is 0 Å². The largest absolute Gasteiger partial charge is 0.492 e. The Bertz CT molecular complexity index is 588. The number of ether oxygens (including phenoxy) is 1. The number of rotatable bonds is 7. The third kappa shape index (κ3) is 5.77. The van der Waals surface area contributed by atoms with Gasteiger partial charge in [-0.05, 0) is 18.6 Å². The van der Waals surface area contributed by atoms with Crippen molar-refractivity contribution in [3.05, 3.63) is 30.3 Å². The molecule has 1 fully saturated rings. The Morgan fingerprint density at radius 1 is 1.24 bits per heavy atom. The molecule has 7 heteroatoms. The fourth-order valence-corrected chi connectivity index (χ4v) is 2.64. The number of nitrogens with zero attached hydrogens (tertiary/aromatic N) is 3. The van der Waals surface area contributed by atoms with Gasteiger partial charge in [0.15, 0.2) is 5.96 Å². The number of imide groups is 1. The van der Waals surface area contributed by atoms with Crippen LogP contribution in [0.4, 0.5) is 0 Å². The highest BCUT2D eigenvalue weighted by atomic mass is 16.5. The van der Waals surface area contributed by atoms with Gasteiger partial charge in [0, 0.05) is 40.0 Å². The zero-order chi connectivity index (χ0) is 18.1. The molecule has 1 aromatic carbocycles. The molecular formula is C18H26N4O3. The van der Waals surface area contributed by atoms with Crippen LogP contribution in [-0.4, -0.2) is 67.9 Å². The highest BCUT2D eigenvalue weighted by Crippen LogP contribution is 2.11. The molecule has 0 unspecified atom stereocenters. The van der Waals surface area contributed by atoms with E-state index in [1.54, 1.807) is 7.05 Å². The molecule has 0 atom stereocenters. The first-order valence-corrected chi connectivity index (χ1v) is 8.54. The number of guanidine groups is 1. The van der Waals surface area contributed by atoms with Crippen LogP contribution in [0.1, 0.15) is 19.3 Å². The summed E-state index contributed by atoms with van der Waals surface area (Å²) in [5.41, 5.74) is 0. The number of nitrogens with one attached hydrogen (secondary N) is 1. The van der Waals surface area contributed by atoms with Gasteiger partial charge in [0.25, 0.3) is 0 Å². The van der Waals surface area contributed by atoms with Crippen molar-refractivity contribution < 1.29 is 14.3 Å². The average molecular weight is 346 g/mol. The third-order valence-electron chi connectivity index (χ3n) is 4.01. The normalized spacial score (nSPS) is 15.3. The molecular weight excluding hydrogens is 320 g/mol. The summed E-state index contributed by atoms with van der Waals surface area (Å²) in [4.78, 5) is 31.1. The van der Waals surface area contributed by atoms with Crippen LogP contribution in [0.3, 0.4) is 0 Å². The first-order valence-electron chi connectivity index (χ1n) is 8.54. The molecule has 1 N–H and O–H groups in total. The predicted octanol–water partition coefficient (Wildman–Crippen LogP) is 1.11. The van der Waals surface area contributed by atoms with Crippen molar-refractivity contribution >= 4 is 17.8 Å². The van der Waals surface area contributed by atoms with Gasteiger partial charge < -0.3 is 15.0 Å². The monoisotopic (exact) mass is 346 g/mol. The molecule has 1 aliphatic heterocycles. The summed E-state index contributed by atoms with van der Waals surface area (Å²) in [5.74, 6) is 1.37. The Labute approximate surface area is 148 Å². The first kappa shape index (κ1) is 18.8. The number of hydrogen-bond donors (Lipinski definition) is 1. The second kappa shape index (κ2) is 9.66. The van der Waals surface area contributed by atoms with Gasteiger partial charge in [-0.1, -0.05) is 18.2 Å². The lowest BCUT2D eigenvalue weighted by Crippen LogP contribution is -2.47. The molecule has 2 amide bonds. The van der Waals surface area contributed by atoms with Crippen molar-refractivity contribution in [2.24, 2.45) is 4.99 Å². The minimum atomic E-state index is -0.0855. The van der Waals surface area contributed by atoms with E-state index in [0.717, 1.165) is 5.75 Å². The molecule has 136 valence electrons. The highest BCUT2D eigenvalue weighted by Gasteiger charge is 2.25. The molecule has 1 aliphatic rings. The number of hydrogen-bond acceptors (Lipinski definition) is 4. The second-order valence-corrected chi connectivity index (χ2v) is 5.85. The van der Waals surface area contributed by atoms with Gasteiger partial charge in [0.2, 0.25) is 11.8 Å². The molecule has 0 spiro atoms. The SMILES string of the molecule is CN=C(NCCN1C(=O)CCCC1=O)N(C)CCOc1ccccc1. The van der Waals surface area contributed by atoms with Crippen molar-refractivity contribution in [2.75, 3.05) is 40.3 Å². The number of benzene rings is 1.